The Hall–Kier alpha value is -1.14. The number of halogens is 1. The van der Waals surface area contributed by atoms with E-state index in [2.05, 4.69) is 26.2 Å². The van der Waals surface area contributed by atoms with Crippen molar-refractivity contribution in [3.63, 3.8) is 0 Å². The summed E-state index contributed by atoms with van der Waals surface area (Å²) in [4.78, 5) is 17.2. The molecule has 2 heterocycles. The van der Waals surface area contributed by atoms with Crippen molar-refractivity contribution in [2.45, 2.75) is 20.4 Å². The number of thiazole rings is 1. The summed E-state index contributed by atoms with van der Waals surface area (Å²) in [5, 5.41) is 3.43. The number of nitrogens with one attached hydrogen (secondary N) is 1. The fraction of sp³-hybridized carbons (Fsp3) is 0.273. The zero-order chi connectivity index (χ0) is 12.4. The van der Waals surface area contributed by atoms with Crippen molar-refractivity contribution in [2.24, 2.45) is 0 Å². The molecule has 0 saturated heterocycles. The largest absolute Gasteiger partial charge is 0.343 e. The lowest BCUT2D eigenvalue weighted by Gasteiger charge is -2.04. The number of hydrogen-bond donors (Lipinski definition) is 1. The van der Waals surface area contributed by atoms with Gasteiger partial charge in [0.25, 0.3) is 5.91 Å². The van der Waals surface area contributed by atoms with Gasteiger partial charge in [0.05, 0.1) is 0 Å². The predicted octanol–water partition coefficient (Wildman–Crippen LogP) is 3.29. The van der Waals surface area contributed by atoms with Crippen LogP contribution < -0.4 is 5.32 Å². The number of rotatable bonds is 3. The van der Waals surface area contributed by atoms with E-state index in [1.165, 1.54) is 11.3 Å². The van der Waals surface area contributed by atoms with E-state index in [1.54, 1.807) is 12.3 Å². The Morgan fingerprint density at radius 3 is 3.00 bits per heavy atom. The lowest BCUT2D eigenvalue weighted by molar-refractivity contribution is 0.101. The molecule has 0 aliphatic rings. The van der Waals surface area contributed by atoms with Crippen LogP contribution in [0.1, 0.15) is 22.3 Å². The van der Waals surface area contributed by atoms with Gasteiger partial charge in [0, 0.05) is 28.3 Å². The van der Waals surface area contributed by atoms with Gasteiger partial charge in [-0.25, -0.2) is 4.98 Å². The van der Waals surface area contributed by atoms with Crippen LogP contribution in [0.15, 0.2) is 22.9 Å². The number of carbonyl (C=O) groups excluding carboxylic acids is 1. The van der Waals surface area contributed by atoms with E-state index in [0.717, 1.165) is 15.9 Å². The van der Waals surface area contributed by atoms with Crippen LogP contribution in [0, 0.1) is 6.92 Å². The highest BCUT2D eigenvalue weighted by molar-refractivity contribution is 9.10. The summed E-state index contributed by atoms with van der Waals surface area (Å²) < 4.78 is 2.79. The molecule has 0 radical (unpaired) electrons. The molecule has 2 aromatic heterocycles. The molecule has 0 saturated carbocycles. The summed E-state index contributed by atoms with van der Waals surface area (Å²) in [6.07, 6.45) is 3.64. The number of carbonyl (C=O) groups is 1. The highest BCUT2D eigenvalue weighted by Crippen LogP contribution is 2.19. The molecule has 0 aromatic carbocycles. The summed E-state index contributed by atoms with van der Waals surface area (Å²) in [5.74, 6) is -0.132. The Bertz CT molecular complexity index is 547. The van der Waals surface area contributed by atoms with E-state index in [0.29, 0.717) is 10.8 Å². The molecular weight excluding hydrogens is 302 g/mol. The van der Waals surface area contributed by atoms with Gasteiger partial charge in [-0.3, -0.25) is 10.1 Å². The van der Waals surface area contributed by atoms with E-state index in [4.69, 9.17) is 0 Å². The van der Waals surface area contributed by atoms with Crippen molar-refractivity contribution in [3.05, 3.63) is 33.5 Å². The maximum Gasteiger partial charge on any atom is 0.274 e. The van der Waals surface area contributed by atoms with Crippen LogP contribution in [-0.4, -0.2) is 15.5 Å². The van der Waals surface area contributed by atoms with Crippen LogP contribution in [-0.2, 0) is 6.54 Å². The minimum atomic E-state index is -0.132. The topological polar surface area (TPSA) is 46.9 Å². The summed E-state index contributed by atoms with van der Waals surface area (Å²) in [5.41, 5.74) is 0.632. The normalized spacial score (nSPS) is 10.5. The van der Waals surface area contributed by atoms with Crippen molar-refractivity contribution in [1.82, 2.24) is 9.55 Å². The van der Waals surface area contributed by atoms with Crippen LogP contribution in [0.4, 0.5) is 5.13 Å². The zero-order valence-corrected chi connectivity index (χ0v) is 11.9. The van der Waals surface area contributed by atoms with Gasteiger partial charge < -0.3 is 4.57 Å². The summed E-state index contributed by atoms with van der Waals surface area (Å²) in [6, 6.07) is 1.80. The lowest BCUT2D eigenvalue weighted by Crippen LogP contribution is -2.16. The van der Waals surface area contributed by atoms with Crippen molar-refractivity contribution in [3.8, 4) is 0 Å². The molecular formula is C11H12BrN3OS. The molecule has 1 amide bonds. The molecule has 90 valence electrons. The summed E-state index contributed by atoms with van der Waals surface area (Å²) in [7, 11) is 0. The number of anilines is 1. The molecule has 17 heavy (non-hydrogen) atoms. The Labute approximate surface area is 112 Å². The minimum absolute atomic E-state index is 0.132. The van der Waals surface area contributed by atoms with Gasteiger partial charge >= 0.3 is 0 Å². The van der Waals surface area contributed by atoms with Crippen molar-refractivity contribution >= 4 is 38.3 Å². The average molecular weight is 314 g/mol. The van der Waals surface area contributed by atoms with Gasteiger partial charge in [-0.15, -0.1) is 11.3 Å². The highest BCUT2D eigenvalue weighted by Gasteiger charge is 2.13. The number of nitrogens with zero attached hydrogens (tertiary/aromatic N) is 2. The molecule has 0 fully saturated rings. The molecule has 0 aliphatic heterocycles. The van der Waals surface area contributed by atoms with Crippen LogP contribution in [0.25, 0.3) is 0 Å². The van der Waals surface area contributed by atoms with Gasteiger partial charge in [0.15, 0.2) is 5.13 Å². The second kappa shape index (κ2) is 5.01. The van der Waals surface area contributed by atoms with Gasteiger partial charge in [0.2, 0.25) is 0 Å². The van der Waals surface area contributed by atoms with Crippen LogP contribution >= 0.6 is 27.3 Å². The Balaban J connectivity index is 2.19. The first kappa shape index (κ1) is 12.3. The smallest absolute Gasteiger partial charge is 0.274 e. The summed E-state index contributed by atoms with van der Waals surface area (Å²) >= 11 is 4.83. The minimum Gasteiger partial charge on any atom is -0.343 e. The highest BCUT2D eigenvalue weighted by atomic mass is 79.9. The second-order valence-electron chi connectivity index (χ2n) is 3.56. The lowest BCUT2D eigenvalue weighted by atomic mass is 10.4. The molecule has 2 aromatic rings. The maximum atomic E-state index is 12.0. The number of aryl methyl sites for hydroxylation is 2. The fourth-order valence-corrected chi connectivity index (χ4v) is 2.62. The van der Waals surface area contributed by atoms with Crippen molar-refractivity contribution < 1.29 is 4.79 Å². The Kier molecular flexibility index (Phi) is 3.63. The fourth-order valence-electron chi connectivity index (χ4n) is 1.50. The maximum absolute atomic E-state index is 12.0. The molecule has 2 rings (SSSR count). The molecule has 0 unspecified atom stereocenters. The third kappa shape index (κ3) is 2.76. The first-order valence-corrected chi connectivity index (χ1v) is 6.80. The van der Waals surface area contributed by atoms with Crippen molar-refractivity contribution in [1.29, 1.82) is 0 Å². The molecule has 1 N–H and O–H groups in total. The van der Waals surface area contributed by atoms with Gasteiger partial charge in [0.1, 0.15) is 5.69 Å². The second-order valence-corrected chi connectivity index (χ2v) is 5.71. The standard InChI is InChI=1S/C11H12BrN3OS/c1-3-15-6-8(12)4-9(15)10(16)14-11-13-5-7(2)17-11/h4-6H,3H2,1-2H3,(H,13,14,16). The molecule has 0 atom stereocenters. The van der Waals surface area contributed by atoms with Crippen LogP contribution in [0.3, 0.4) is 0 Å². The third-order valence-corrected chi connectivity index (χ3v) is 3.54. The Morgan fingerprint density at radius 1 is 1.65 bits per heavy atom. The molecule has 0 aliphatic carbocycles. The van der Waals surface area contributed by atoms with Crippen LogP contribution in [0.2, 0.25) is 0 Å². The predicted molar refractivity (Wildman–Crippen MR) is 72.6 cm³/mol. The number of amides is 1. The van der Waals surface area contributed by atoms with Crippen LogP contribution in [0.5, 0.6) is 0 Å². The zero-order valence-electron chi connectivity index (χ0n) is 9.53. The van der Waals surface area contributed by atoms with Gasteiger partial charge in [-0.1, -0.05) is 0 Å². The third-order valence-electron chi connectivity index (χ3n) is 2.28. The van der Waals surface area contributed by atoms with E-state index in [-0.39, 0.29) is 5.91 Å². The summed E-state index contributed by atoms with van der Waals surface area (Å²) in [6.45, 7) is 4.71. The first-order valence-electron chi connectivity index (χ1n) is 5.19. The van der Waals surface area contributed by atoms with E-state index < -0.39 is 0 Å². The SMILES string of the molecule is CCn1cc(Br)cc1C(=O)Nc1ncc(C)s1. The molecule has 0 spiro atoms. The van der Waals surface area contributed by atoms with E-state index >= 15 is 0 Å². The average Bonchev–Trinajstić information content (AvgIpc) is 2.84. The van der Waals surface area contributed by atoms with E-state index in [9.17, 15) is 4.79 Å². The van der Waals surface area contributed by atoms with Crippen molar-refractivity contribution in [2.75, 3.05) is 5.32 Å². The molecule has 4 nitrogen and oxygen atoms in total. The quantitative estimate of drug-likeness (QED) is 0.945. The van der Waals surface area contributed by atoms with E-state index in [1.807, 2.05) is 24.6 Å². The Morgan fingerprint density at radius 2 is 2.41 bits per heavy atom. The first-order chi connectivity index (χ1) is 8.10. The number of hydrogen-bond acceptors (Lipinski definition) is 3. The molecule has 6 heteroatoms. The van der Waals surface area contributed by atoms with Gasteiger partial charge in [-0.05, 0) is 35.8 Å². The van der Waals surface area contributed by atoms with Gasteiger partial charge in [-0.2, -0.15) is 0 Å². The number of aromatic nitrogens is 2. The monoisotopic (exact) mass is 313 g/mol. The molecule has 0 bridgehead atoms.